The summed E-state index contributed by atoms with van der Waals surface area (Å²) in [6, 6.07) is 23.8. The van der Waals surface area contributed by atoms with E-state index in [1.807, 2.05) is 12.1 Å². The minimum Gasteiger partial charge on any atom is -0.490 e. The van der Waals surface area contributed by atoms with E-state index >= 15 is 0 Å². The molecule has 1 aromatic heterocycles. The first-order chi connectivity index (χ1) is 22.2. The molecule has 0 unspecified atom stereocenters. The van der Waals surface area contributed by atoms with Crippen LogP contribution in [0.25, 0.3) is 0 Å². The summed E-state index contributed by atoms with van der Waals surface area (Å²) in [6.45, 7) is 1.43. The highest BCUT2D eigenvalue weighted by molar-refractivity contribution is 6.01. The van der Waals surface area contributed by atoms with Crippen molar-refractivity contribution in [2.75, 3.05) is 10.6 Å². The van der Waals surface area contributed by atoms with Gasteiger partial charge in [0.2, 0.25) is 17.7 Å². The van der Waals surface area contributed by atoms with Gasteiger partial charge in [-0.05, 0) is 85.8 Å². The second-order valence-corrected chi connectivity index (χ2v) is 11.0. The second kappa shape index (κ2) is 14.8. The van der Waals surface area contributed by atoms with Crippen molar-refractivity contribution in [3.8, 4) is 17.4 Å². The lowest BCUT2D eigenvalue weighted by molar-refractivity contribution is -0.116. The number of anilines is 2. The maximum absolute atomic E-state index is 12.7. The fourth-order valence-electron chi connectivity index (χ4n) is 5.17. The number of carboxylic acid groups (broad SMARTS) is 1. The van der Waals surface area contributed by atoms with Crippen LogP contribution in [0.15, 0.2) is 91.1 Å². The van der Waals surface area contributed by atoms with Crippen LogP contribution in [0.4, 0.5) is 11.4 Å². The van der Waals surface area contributed by atoms with Gasteiger partial charge in [0.25, 0.3) is 5.91 Å². The van der Waals surface area contributed by atoms with Crippen LogP contribution in [0.5, 0.6) is 17.4 Å². The zero-order valence-electron chi connectivity index (χ0n) is 25.2. The number of pyridine rings is 1. The number of benzene rings is 3. The Bertz CT molecular complexity index is 1700. The number of amides is 3. The number of carbonyl (C=O) groups is 4. The molecule has 3 aromatic carbocycles. The molecular weight excluding hydrogens is 588 g/mol. The molecule has 3 amide bonds. The Labute approximate surface area is 266 Å². The van der Waals surface area contributed by atoms with Gasteiger partial charge in [0.15, 0.2) is 0 Å². The molecule has 0 radical (unpaired) electrons. The second-order valence-electron chi connectivity index (χ2n) is 11.0. The Morgan fingerprint density at radius 3 is 2.28 bits per heavy atom. The van der Waals surface area contributed by atoms with Gasteiger partial charge in [-0.1, -0.05) is 24.3 Å². The number of carboxylic acids is 1. The molecule has 0 spiro atoms. The molecular formula is C35H34N4O7. The molecule has 1 fully saturated rings. The first-order valence-corrected chi connectivity index (χ1v) is 14.9. The molecule has 4 N–H and O–H groups in total. The highest BCUT2D eigenvalue weighted by Crippen LogP contribution is 2.27. The van der Waals surface area contributed by atoms with Crippen LogP contribution in [0, 0.1) is 0 Å². The molecule has 0 bridgehead atoms. The van der Waals surface area contributed by atoms with Gasteiger partial charge in [0, 0.05) is 36.5 Å². The zero-order chi connectivity index (χ0) is 32.5. The minimum absolute atomic E-state index is 0.0202. The SMILES string of the molecule is CC(=O)Nc1cccc(C(=O)NC2CCC(Oc3ccc(Oc4ccc(CC(=O)Nc5ccccc5C(=O)O)cn4)cc3)CC2)c1. The topological polar surface area (TPSA) is 156 Å². The molecule has 0 saturated heterocycles. The van der Waals surface area contributed by atoms with E-state index in [2.05, 4.69) is 20.9 Å². The summed E-state index contributed by atoms with van der Waals surface area (Å²) in [5, 5.41) is 17.7. The summed E-state index contributed by atoms with van der Waals surface area (Å²) < 4.78 is 12.0. The molecule has 11 heteroatoms. The molecule has 5 rings (SSSR count). The summed E-state index contributed by atoms with van der Waals surface area (Å²) in [4.78, 5) is 52.1. The smallest absolute Gasteiger partial charge is 0.337 e. The number of ether oxygens (including phenoxy) is 2. The Morgan fingerprint density at radius 1 is 0.848 bits per heavy atom. The van der Waals surface area contributed by atoms with Crippen LogP contribution in [-0.2, 0) is 16.0 Å². The fourth-order valence-corrected chi connectivity index (χ4v) is 5.17. The highest BCUT2D eigenvalue weighted by Gasteiger charge is 2.24. The quantitative estimate of drug-likeness (QED) is 0.163. The van der Waals surface area contributed by atoms with Crippen LogP contribution in [0.1, 0.15) is 58.9 Å². The van der Waals surface area contributed by atoms with E-state index in [1.165, 1.54) is 19.2 Å². The minimum atomic E-state index is -1.12. The molecule has 236 valence electrons. The average molecular weight is 623 g/mol. The van der Waals surface area contributed by atoms with E-state index < -0.39 is 5.97 Å². The van der Waals surface area contributed by atoms with Crippen molar-refractivity contribution in [2.24, 2.45) is 0 Å². The van der Waals surface area contributed by atoms with E-state index in [9.17, 15) is 24.3 Å². The Morgan fingerprint density at radius 2 is 1.59 bits per heavy atom. The van der Waals surface area contributed by atoms with Gasteiger partial charge in [0.05, 0.1) is 23.8 Å². The third-order valence-corrected chi connectivity index (χ3v) is 7.40. The van der Waals surface area contributed by atoms with Crippen LogP contribution in [-0.4, -0.2) is 45.9 Å². The number of carbonyl (C=O) groups excluding carboxylic acids is 3. The average Bonchev–Trinajstić information content (AvgIpc) is 3.04. The maximum Gasteiger partial charge on any atom is 0.337 e. The van der Waals surface area contributed by atoms with E-state index in [-0.39, 0.29) is 47.5 Å². The van der Waals surface area contributed by atoms with Crippen molar-refractivity contribution in [1.82, 2.24) is 10.3 Å². The zero-order valence-corrected chi connectivity index (χ0v) is 25.2. The van der Waals surface area contributed by atoms with Crippen molar-refractivity contribution in [1.29, 1.82) is 0 Å². The largest absolute Gasteiger partial charge is 0.490 e. The molecule has 1 aliphatic rings. The van der Waals surface area contributed by atoms with E-state index in [0.717, 1.165) is 25.7 Å². The van der Waals surface area contributed by atoms with Crippen molar-refractivity contribution in [2.45, 2.75) is 51.2 Å². The third kappa shape index (κ3) is 8.91. The van der Waals surface area contributed by atoms with E-state index in [0.29, 0.717) is 34.2 Å². The van der Waals surface area contributed by atoms with E-state index in [4.69, 9.17) is 9.47 Å². The lowest BCUT2D eigenvalue weighted by Crippen LogP contribution is -2.39. The first kappa shape index (κ1) is 31.7. The molecule has 0 aliphatic heterocycles. The predicted octanol–water partition coefficient (Wildman–Crippen LogP) is 5.83. The van der Waals surface area contributed by atoms with E-state index in [1.54, 1.807) is 66.7 Å². The monoisotopic (exact) mass is 622 g/mol. The lowest BCUT2D eigenvalue weighted by Gasteiger charge is -2.29. The highest BCUT2D eigenvalue weighted by atomic mass is 16.5. The first-order valence-electron chi connectivity index (χ1n) is 14.9. The molecule has 0 atom stereocenters. The van der Waals surface area contributed by atoms with Crippen LogP contribution in [0.2, 0.25) is 0 Å². The van der Waals surface area contributed by atoms with Gasteiger partial charge < -0.3 is 30.5 Å². The molecule has 1 saturated carbocycles. The number of hydrogen-bond acceptors (Lipinski definition) is 7. The van der Waals surface area contributed by atoms with Crippen molar-refractivity contribution in [3.05, 3.63) is 108 Å². The Balaban J connectivity index is 1.05. The van der Waals surface area contributed by atoms with Crippen molar-refractivity contribution >= 4 is 35.1 Å². The van der Waals surface area contributed by atoms with Gasteiger partial charge in [-0.2, -0.15) is 0 Å². The number of nitrogens with zero attached hydrogens (tertiary/aromatic N) is 1. The number of aromatic nitrogens is 1. The summed E-state index contributed by atoms with van der Waals surface area (Å²) in [5.41, 5.74) is 1.99. The number of para-hydroxylation sites is 1. The third-order valence-electron chi connectivity index (χ3n) is 7.40. The predicted molar refractivity (Wildman–Crippen MR) is 171 cm³/mol. The molecule has 11 nitrogen and oxygen atoms in total. The number of aromatic carboxylic acids is 1. The molecule has 4 aromatic rings. The van der Waals surface area contributed by atoms with Crippen LogP contribution < -0.4 is 25.4 Å². The summed E-state index contributed by atoms with van der Waals surface area (Å²) in [6.07, 6.45) is 4.79. The summed E-state index contributed by atoms with van der Waals surface area (Å²) >= 11 is 0. The standard InChI is InChI=1S/C35H34N4O7/c1-22(40)37-26-6-4-5-24(20-26)34(42)38-25-10-12-27(13-11-25)45-28-14-16-29(17-15-28)46-33-18-9-23(21-36-33)19-32(41)39-31-8-3-2-7-30(31)35(43)44/h2-9,14-18,20-21,25,27H,10-13,19H2,1H3,(H,37,40)(H,38,42)(H,39,41)(H,43,44). The van der Waals surface area contributed by atoms with Crippen LogP contribution in [0.3, 0.4) is 0 Å². The van der Waals surface area contributed by atoms with Gasteiger partial charge in [-0.3, -0.25) is 14.4 Å². The maximum atomic E-state index is 12.7. The van der Waals surface area contributed by atoms with Gasteiger partial charge >= 0.3 is 5.97 Å². The van der Waals surface area contributed by atoms with Crippen molar-refractivity contribution in [3.63, 3.8) is 0 Å². The van der Waals surface area contributed by atoms with Gasteiger partial charge in [-0.25, -0.2) is 9.78 Å². The summed E-state index contributed by atoms with van der Waals surface area (Å²) in [7, 11) is 0. The number of rotatable bonds is 11. The molecule has 46 heavy (non-hydrogen) atoms. The van der Waals surface area contributed by atoms with Crippen LogP contribution >= 0.6 is 0 Å². The number of nitrogens with one attached hydrogen (secondary N) is 3. The number of hydrogen-bond donors (Lipinski definition) is 4. The fraction of sp³-hybridized carbons (Fsp3) is 0.229. The summed E-state index contributed by atoms with van der Waals surface area (Å²) in [5.74, 6) is -0.182. The van der Waals surface area contributed by atoms with Gasteiger partial charge in [-0.15, -0.1) is 0 Å². The lowest BCUT2D eigenvalue weighted by atomic mass is 9.92. The molecule has 1 aliphatic carbocycles. The van der Waals surface area contributed by atoms with Crippen molar-refractivity contribution < 1.29 is 33.8 Å². The molecule has 1 heterocycles. The Kier molecular flexibility index (Phi) is 10.2. The Hall–Kier alpha value is -5.71. The van der Waals surface area contributed by atoms with Gasteiger partial charge in [0.1, 0.15) is 11.5 Å². The normalized spacial score (nSPS) is 15.7.